The Morgan fingerprint density at radius 2 is 2.11 bits per heavy atom. The summed E-state index contributed by atoms with van der Waals surface area (Å²) in [5, 5.41) is 0. The van der Waals surface area contributed by atoms with Crippen molar-refractivity contribution in [1.29, 1.82) is 0 Å². The molecule has 1 fully saturated rings. The van der Waals surface area contributed by atoms with Gasteiger partial charge in [-0.25, -0.2) is 0 Å². The van der Waals surface area contributed by atoms with Crippen LogP contribution >= 0.6 is 0 Å². The fourth-order valence-corrected chi connectivity index (χ4v) is 2.93. The molecule has 1 aromatic rings. The molecule has 2 N–H and O–H groups in total. The number of carbonyl (C=O) groups is 1. The Balaban J connectivity index is 2.29. The van der Waals surface area contributed by atoms with Crippen LogP contribution in [0.5, 0.6) is 0 Å². The number of carbonyl (C=O) groups excluding carboxylic acids is 1. The van der Waals surface area contributed by atoms with Crippen LogP contribution in [0.2, 0.25) is 0 Å². The van der Waals surface area contributed by atoms with Gasteiger partial charge in [0.05, 0.1) is 5.56 Å². The van der Waals surface area contributed by atoms with Crippen LogP contribution in [0.25, 0.3) is 0 Å². The van der Waals surface area contributed by atoms with Gasteiger partial charge in [-0.3, -0.25) is 4.79 Å². The van der Waals surface area contributed by atoms with E-state index in [2.05, 4.69) is 25.3 Å². The number of nitrogens with zero attached hydrogens (tertiary/aromatic N) is 2. The van der Waals surface area contributed by atoms with Gasteiger partial charge in [0, 0.05) is 36.6 Å². The first-order chi connectivity index (χ1) is 8.41. The molecule has 0 radical (unpaired) electrons. The summed E-state index contributed by atoms with van der Waals surface area (Å²) >= 11 is 0. The smallest absolute Gasteiger partial charge is 0.255 e. The monoisotopic (exact) mass is 249 g/mol. The van der Waals surface area contributed by atoms with Crippen molar-refractivity contribution in [2.24, 2.45) is 5.73 Å². The van der Waals surface area contributed by atoms with Crippen molar-refractivity contribution < 1.29 is 4.79 Å². The molecule has 2 rings (SSSR count). The summed E-state index contributed by atoms with van der Waals surface area (Å²) in [5.41, 5.74) is 8.90. The summed E-state index contributed by atoms with van der Waals surface area (Å²) in [6.45, 7) is 9.82. The highest BCUT2D eigenvalue weighted by Crippen LogP contribution is 2.22. The van der Waals surface area contributed by atoms with E-state index in [4.69, 9.17) is 5.73 Å². The molecule has 0 saturated carbocycles. The molecule has 1 aliphatic heterocycles. The summed E-state index contributed by atoms with van der Waals surface area (Å²) in [7, 11) is 0. The van der Waals surface area contributed by atoms with Gasteiger partial charge in [0.2, 0.25) is 0 Å². The molecular weight excluding hydrogens is 226 g/mol. The Hall–Kier alpha value is -1.29. The molecule has 1 saturated heterocycles. The number of aryl methyl sites for hydroxylation is 1. The second-order valence-corrected chi connectivity index (χ2v) is 5.55. The highest BCUT2D eigenvalue weighted by atomic mass is 16.2. The van der Waals surface area contributed by atoms with E-state index < -0.39 is 0 Å². The summed E-state index contributed by atoms with van der Waals surface area (Å²) in [6, 6.07) is 2.52. The fourth-order valence-electron chi connectivity index (χ4n) is 2.93. The maximum absolute atomic E-state index is 12.5. The van der Waals surface area contributed by atoms with Crippen molar-refractivity contribution >= 4 is 5.91 Å². The van der Waals surface area contributed by atoms with Crippen LogP contribution in [0, 0.1) is 13.8 Å². The van der Waals surface area contributed by atoms with Crippen LogP contribution in [0.1, 0.15) is 48.1 Å². The lowest BCUT2D eigenvalue weighted by Gasteiger charge is -2.17. The van der Waals surface area contributed by atoms with Gasteiger partial charge in [-0.1, -0.05) is 0 Å². The molecule has 1 amide bonds. The second kappa shape index (κ2) is 4.76. The third-order valence-corrected chi connectivity index (χ3v) is 3.74. The maximum atomic E-state index is 12.5. The Bertz CT molecular complexity index is 462. The molecule has 1 aromatic heterocycles. The molecule has 0 spiro atoms. The lowest BCUT2D eigenvalue weighted by molar-refractivity contribution is 0.0790. The molecule has 0 unspecified atom stereocenters. The van der Waals surface area contributed by atoms with E-state index in [1.54, 1.807) is 0 Å². The molecule has 4 heteroatoms. The molecule has 2 heterocycles. The number of aromatic nitrogens is 1. The van der Waals surface area contributed by atoms with Crippen LogP contribution in [0.4, 0.5) is 0 Å². The SMILES string of the molecule is Cc1cc(C(=O)N2CC[C@@H](N)C2)c(C)n1C(C)C. The first kappa shape index (κ1) is 13.1. The normalized spacial score (nSPS) is 19.9. The zero-order valence-electron chi connectivity index (χ0n) is 11.7. The Morgan fingerprint density at radius 1 is 1.44 bits per heavy atom. The summed E-state index contributed by atoms with van der Waals surface area (Å²) in [6.07, 6.45) is 0.911. The molecule has 100 valence electrons. The van der Waals surface area contributed by atoms with E-state index in [0.717, 1.165) is 29.9 Å². The zero-order valence-corrected chi connectivity index (χ0v) is 11.7. The summed E-state index contributed by atoms with van der Waals surface area (Å²) in [5.74, 6) is 0.128. The molecule has 1 atom stereocenters. The Kier molecular flexibility index (Phi) is 3.48. The largest absolute Gasteiger partial charge is 0.346 e. The average Bonchev–Trinajstić information content (AvgIpc) is 2.82. The lowest BCUT2D eigenvalue weighted by Crippen LogP contribution is -2.32. The predicted octanol–water partition coefficient (Wildman–Crippen LogP) is 1.86. The van der Waals surface area contributed by atoms with E-state index in [1.807, 2.05) is 17.9 Å². The van der Waals surface area contributed by atoms with Gasteiger partial charge in [-0.15, -0.1) is 0 Å². The number of rotatable bonds is 2. The zero-order chi connectivity index (χ0) is 13.4. The number of likely N-dealkylation sites (tertiary alicyclic amines) is 1. The van der Waals surface area contributed by atoms with Crippen molar-refractivity contribution in [3.8, 4) is 0 Å². The quantitative estimate of drug-likeness (QED) is 0.869. The van der Waals surface area contributed by atoms with Gasteiger partial charge in [0.25, 0.3) is 5.91 Å². The van der Waals surface area contributed by atoms with Crippen LogP contribution in [0.15, 0.2) is 6.07 Å². The second-order valence-electron chi connectivity index (χ2n) is 5.55. The van der Waals surface area contributed by atoms with Crippen LogP contribution in [-0.4, -0.2) is 34.5 Å². The number of hydrogen-bond acceptors (Lipinski definition) is 2. The molecule has 18 heavy (non-hydrogen) atoms. The van der Waals surface area contributed by atoms with Crippen LogP contribution in [-0.2, 0) is 0 Å². The minimum Gasteiger partial charge on any atom is -0.346 e. The van der Waals surface area contributed by atoms with Gasteiger partial charge in [-0.05, 0) is 40.2 Å². The van der Waals surface area contributed by atoms with Crippen molar-refractivity contribution in [3.05, 3.63) is 23.0 Å². The van der Waals surface area contributed by atoms with Crippen molar-refractivity contribution in [2.75, 3.05) is 13.1 Å². The average molecular weight is 249 g/mol. The summed E-state index contributed by atoms with van der Waals surface area (Å²) in [4.78, 5) is 14.3. The molecule has 0 aliphatic carbocycles. The van der Waals surface area contributed by atoms with Gasteiger partial charge >= 0.3 is 0 Å². The predicted molar refractivity (Wildman–Crippen MR) is 72.8 cm³/mol. The van der Waals surface area contributed by atoms with E-state index in [0.29, 0.717) is 12.6 Å². The topological polar surface area (TPSA) is 51.3 Å². The minimum atomic E-state index is 0.128. The maximum Gasteiger partial charge on any atom is 0.255 e. The first-order valence-corrected chi connectivity index (χ1v) is 6.65. The van der Waals surface area contributed by atoms with E-state index >= 15 is 0 Å². The van der Waals surface area contributed by atoms with E-state index in [9.17, 15) is 4.79 Å². The summed E-state index contributed by atoms with van der Waals surface area (Å²) < 4.78 is 2.21. The molecule has 0 aromatic carbocycles. The first-order valence-electron chi connectivity index (χ1n) is 6.65. The highest BCUT2D eigenvalue weighted by molar-refractivity contribution is 5.96. The third-order valence-electron chi connectivity index (χ3n) is 3.74. The van der Waals surface area contributed by atoms with Gasteiger partial charge in [-0.2, -0.15) is 0 Å². The highest BCUT2D eigenvalue weighted by Gasteiger charge is 2.27. The number of hydrogen-bond donors (Lipinski definition) is 1. The standard InChI is InChI=1S/C14H23N3O/c1-9(2)17-10(3)7-13(11(17)4)14(18)16-6-5-12(15)8-16/h7,9,12H,5-6,8,15H2,1-4H3/t12-/m1/s1. The van der Waals surface area contributed by atoms with Crippen molar-refractivity contribution in [3.63, 3.8) is 0 Å². The van der Waals surface area contributed by atoms with Crippen molar-refractivity contribution in [1.82, 2.24) is 9.47 Å². The molecular formula is C14H23N3O. The Labute approximate surface area is 109 Å². The fraction of sp³-hybridized carbons (Fsp3) is 0.643. The van der Waals surface area contributed by atoms with E-state index in [-0.39, 0.29) is 11.9 Å². The van der Waals surface area contributed by atoms with Crippen LogP contribution < -0.4 is 5.73 Å². The minimum absolute atomic E-state index is 0.128. The number of nitrogens with two attached hydrogens (primary N) is 1. The van der Waals surface area contributed by atoms with Gasteiger partial charge < -0.3 is 15.2 Å². The van der Waals surface area contributed by atoms with Crippen LogP contribution in [0.3, 0.4) is 0 Å². The molecule has 1 aliphatic rings. The van der Waals surface area contributed by atoms with E-state index in [1.165, 1.54) is 0 Å². The van der Waals surface area contributed by atoms with Crippen molar-refractivity contribution in [2.45, 2.75) is 46.2 Å². The third kappa shape index (κ3) is 2.17. The Morgan fingerprint density at radius 3 is 2.56 bits per heavy atom. The van der Waals surface area contributed by atoms with Gasteiger partial charge in [0.1, 0.15) is 0 Å². The molecule has 4 nitrogen and oxygen atoms in total. The number of amides is 1. The molecule has 0 bridgehead atoms. The lowest BCUT2D eigenvalue weighted by atomic mass is 10.2. The van der Waals surface area contributed by atoms with Gasteiger partial charge in [0.15, 0.2) is 0 Å².